The molecule has 6 nitrogen and oxygen atoms in total. The van der Waals surface area contributed by atoms with Gasteiger partial charge in [-0.25, -0.2) is 4.79 Å². The van der Waals surface area contributed by atoms with Gasteiger partial charge in [-0.05, 0) is 62.2 Å². The Bertz CT molecular complexity index is 623. The standard InChI is InChI=1S/C14H19F2NO5S/c1-22-12(19)14(15,16)23(20,21)17-11(18)13-5-8-2-9(6-13)4-10(3-8)7-13/h8-10H,2-7H2,1H3,(H,17,18)/p-1. The van der Waals surface area contributed by atoms with E-state index in [9.17, 15) is 27.1 Å². The molecule has 0 aromatic rings. The van der Waals surface area contributed by atoms with Gasteiger partial charge in [-0.15, -0.1) is 0 Å². The summed E-state index contributed by atoms with van der Waals surface area (Å²) in [5, 5.41) is 7.59. The Labute approximate surface area is 133 Å². The van der Waals surface area contributed by atoms with Crippen molar-refractivity contribution in [1.82, 2.24) is 0 Å². The largest absolute Gasteiger partial charge is 0.861 e. The molecule has 4 bridgehead atoms. The third-order valence-corrected chi connectivity index (χ3v) is 6.66. The Morgan fingerprint density at radius 3 is 2.00 bits per heavy atom. The summed E-state index contributed by atoms with van der Waals surface area (Å²) in [4.78, 5) is 11.0. The molecule has 0 saturated heterocycles. The van der Waals surface area contributed by atoms with Crippen molar-refractivity contribution in [3.05, 3.63) is 0 Å². The summed E-state index contributed by atoms with van der Waals surface area (Å²) >= 11 is 0. The summed E-state index contributed by atoms with van der Waals surface area (Å²) in [5.41, 5.74) is -0.950. The fourth-order valence-corrected chi connectivity index (χ4v) is 5.68. The van der Waals surface area contributed by atoms with Crippen LogP contribution in [-0.4, -0.2) is 32.6 Å². The lowest BCUT2D eigenvalue weighted by molar-refractivity contribution is -0.241. The van der Waals surface area contributed by atoms with Crippen LogP contribution in [0.25, 0.3) is 0 Å². The molecule has 23 heavy (non-hydrogen) atoms. The number of sulfonamides is 1. The maximum atomic E-state index is 13.6. The molecule has 0 heterocycles. The highest BCUT2D eigenvalue weighted by Gasteiger charge is 2.56. The Balaban J connectivity index is 1.92. The van der Waals surface area contributed by atoms with Gasteiger partial charge in [0.05, 0.1) is 7.11 Å². The van der Waals surface area contributed by atoms with Crippen LogP contribution in [0.15, 0.2) is 4.40 Å². The van der Waals surface area contributed by atoms with E-state index in [1.165, 1.54) is 0 Å². The number of halogens is 2. The van der Waals surface area contributed by atoms with E-state index in [2.05, 4.69) is 9.13 Å². The van der Waals surface area contributed by atoms with E-state index in [0.717, 1.165) is 19.3 Å². The molecule has 4 aliphatic carbocycles. The van der Waals surface area contributed by atoms with Gasteiger partial charge in [0.1, 0.15) is 0 Å². The first-order valence-electron chi connectivity index (χ1n) is 7.58. The maximum absolute atomic E-state index is 13.6. The summed E-state index contributed by atoms with van der Waals surface area (Å²) < 4.78 is 57.3. The zero-order valence-corrected chi connectivity index (χ0v) is 13.4. The van der Waals surface area contributed by atoms with Crippen LogP contribution in [0.4, 0.5) is 8.78 Å². The van der Waals surface area contributed by atoms with Gasteiger partial charge >= 0.3 is 21.2 Å². The highest BCUT2D eigenvalue weighted by Crippen LogP contribution is 2.60. The predicted molar refractivity (Wildman–Crippen MR) is 73.9 cm³/mol. The minimum absolute atomic E-state index is 0.337. The first kappa shape index (κ1) is 16.6. The molecule has 4 rings (SSSR count). The van der Waals surface area contributed by atoms with E-state index in [1.807, 2.05) is 0 Å². The zero-order valence-electron chi connectivity index (χ0n) is 12.6. The monoisotopic (exact) mass is 350 g/mol. The zero-order chi connectivity index (χ0) is 17.0. The molecule has 130 valence electrons. The van der Waals surface area contributed by atoms with E-state index >= 15 is 0 Å². The molecule has 0 spiro atoms. The van der Waals surface area contributed by atoms with E-state index in [-0.39, 0.29) is 0 Å². The SMILES string of the molecule is COC(=O)C(F)(F)S(=O)(=O)/N=C(\[O-])C12CC3CC(CC(C3)C1)C2. The predicted octanol–water partition coefficient (Wildman–Crippen LogP) is 1.06. The van der Waals surface area contributed by atoms with Gasteiger partial charge in [-0.1, -0.05) is 0 Å². The molecular formula is C14H18F2NO5S-. The van der Waals surface area contributed by atoms with Crippen LogP contribution in [0, 0.1) is 23.2 Å². The van der Waals surface area contributed by atoms with Gasteiger partial charge in [-0.2, -0.15) is 21.6 Å². The molecule has 4 saturated carbocycles. The summed E-state index contributed by atoms with van der Waals surface area (Å²) in [7, 11) is -4.95. The van der Waals surface area contributed by atoms with Crippen LogP contribution in [0.1, 0.15) is 38.5 Å². The molecule has 0 amide bonds. The summed E-state index contributed by atoms with van der Waals surface area (Å²) in [6, 6.07) is 0. The molecular weight excluding hydrogens is 332 g/mol. The molecule has 4 fully saturated rings. The Kier molecular flexibility index (Phi) is 3.70. The highest BCUT2D eigenvalue weighted by atomic mass is 32.2. The second-order valence-electron chi connectivity index (χ2n) is 7.08. The van der Waals surface area contributed by atoms with Gasteiger partial charge in [0, 0.05) is 5.41 Å². The number of hydrogen-bond donors (Lipinski definition) is 0. The van der Waals surface area contributed by atoms with Gasteiger partial charge in [0.2, 0.25) is 0 Å². The normalized spacial score (nSPS) is 37.0. The second-order valence-corrected chi connectivity index (χ2v) is 8.72. The number of rotatable bonds is 4. The Morgan fingerprint density at radius 2 is 1.61 bits per heavy atom. The highest BCUT2D eigenvalue weighted by molar-refractivity contribution is 7.92. The lowest BCUT2D eigenvalue weighted by Gasteiger charge is -2.58. The molecule has 0 N–H and O–H groups in total. The Morgan fingerprint density at radius 1 is 1.17 bits per heavy atom. The average molecular weight is 350 g/mol. The topological polar surface area (TPSA) is 95.9 Å². The van der Waals surface area contributed by atoms with Gasteiger partial charge < -0.3 is 9.84 Å². The molecule has 0 aromatic heterocycles. The lowest BCUT2D eigenvalue weighted by atomic mass is 9.49. The lowest BCUT2D eigenvalue weighted by Crippen LogP contribution is -2.54. The van der Waals surface area contributed by atoms with Crippen molar-refractivity contribution < 1.29 is 31.8 Å². The minimum Gasteiger partial charge on any atom is -0.861 e. The molecule has 0 unspecified atom stereocenters. The van der Waals surface area contributed by atoms with Crippen LogP contribution in [-0.2, 0) is 19.6 Å². The first-order chi connectivity index (χ1) is 10.6. The van der Waals surface area contributed by atoms with Crippen LogP contribution in [0.2, 0.25) is 0 Å². The first-order valence-corrected chi connectivity index (χ1v) is 9.02. The van der Waals surface area contributed by atoms with E-state index < -0.39 is 32.6 Å². The van der Waals surface area contributed by atoms with Gasteiger partial charge in [0.15, 0.2) is 0 Å². The summed E-state index contributed by atoms with van der Waals surface area (Å²) in [6.07, 6.45) is 4.54. The molecule has 0 atom stereocenters. The quantitative estimate of drug-likeness (QED) is 0.429. The molecule has 4 aliphatic rings. The van der Waals surface area contributed by atoms with Crippen molar-refractivity contribution in [2.24, 2.45) is 27.6 Å². The summed E-state index contributed by atoms with van der Waals surface area (Å²) in [5.74, 6) is -2.25. The fourth-order valence-electron chi connectivity index (χ4n) is 4.86. The number of carbonyl (C=O) groups excluding carboxylic acids is 1. The number of hydrogen-bond acceptors (Lipinski definition) is 5. The smallest absolute Gasteiger partial charge is 0.461 e. The van der Waals surface area contributed by atoms with Gasteiger partial charge in [0.25, 0.3) is 0 Å². The Hall–Kier alpha value is -1.25. The molecule has 0 aromatic carbocycles. The van der Waals surface area contributed by atoms with Crippen molar-refractivity contribution in [3.63, 3.8) is 0 Å². The van der Waals surface area contributed by atoms with Crippen molar-refractivity contribution in [2.75, 3.05) is 7.11 Å². The van der Waals surface area contributed by atoms with Crippen LogP contribution >= 0.6 is 0 Å². The minimum atomic E-state index is -5.60. The van der Waals surface area contributed by atoms with E-state index in [1.54, 1.807) is 0 Å². The number of esters is 1. The molecule has 9 heteroatoms. The average Bonchev–Trinajstić information content (AvgIpc) is 2.44. The van der Waals surface area contributed by atoms with Crippen molar-refractivity contribution in [1.29, 1.82) is 0 Å². The van der Waals surface area contributed by atoms with Crippen molar-refractivity contribution in [3.8, 4) is 0 Å². The number of alkyl halides is 2. The van der Waals surface area contributed by atoms with E-state index in [0.29, 0.717) is 44.1 Å². The van der Waals surface area contributed by atoms with Crippen LogP contribution < -0.4 is 5.11 Å². The maximum Gasteiger partial charge on any atom is 0.461 e. The van der Waals surface area contributed by atoms with Crippen LogP contribution in [0.5, 0.6) is 0 Å². The molecule has 0 aliphatic heterocycles. The fraction of sp³-hybridized carbons (Fsp3) is 0.857. The molecule has 0 radical (unpaired) electrons. The van der Waals surface area contributed by atoms with Crippen molar-refractivity contribution >= 4 is 21.9 Å². The third-order valence-electron chi connectivity index (χ3n) is 5.44. The van der Waals surface area contributed by atoms with Crippen molar-refractivity contribution in [2.45, 2.75) is 43.8 Å². The second kappa shape index (κ2) is 5.12. The van der Waals surface area contributed by atoms with Gasteiger partial charge in [-0.3, -0.25) is 0 Å². The number of methoxy groups -OCH3 is 1. The number of ether oxygens (including phenoxy) is 1. The third kappa shape index (κ3) is 2.53. The van der Waals surface area contributed by atoms with E-state index in [4.69, 9.17) is 0 Å². The number of nitrogens with zero attached hydrogens (tertiary/aromatic N) is 1. The number of carbonyl (C=O) groups is 1. The van der Waals surface area contributed by atoms with Crippen LogP contribution in [0.3, 0.4) is 0 Å². The summed E-state index contributed by atoms with van der Waals surface area (Å²) in [6.45, 7) is 0.